The quantitative estimate of drug-likeness (QED) is 0.551. The minimum Gasteiger partial charge on any atom is -0.466 e. The molecule has 18 heavy (non-hydrogen) atoms. The Morgan fingerprint density at radius 2 is 2.06 bits per heavy atom. The first-order chi connectivity index (χ1) is 8.61. The van der Waals surface area contributed by atoms with Gasteiger partial charge in [0.15, 0.2) is 0 Å². The third-order valence-electron chi connectivity index (χ3n) is 3.53. The van der Waals surface area contributed by atoms with Crippen LogP contribution in [0, 0.1) is 5.92 Å². The highest BCUT2D eigenvalue weighted by molar-refractivity contribution is 6.05. The molecule has 2 saturated heterocycles. The van der Waals surface area contributed by atoms with Crippen molar-refractivity contribution in [3.8, 4) is 0 Å². The van der Waals surface area contributed by atoms with Crippen LogP contribution < -0.4 is 5.32 Å². The predicted octanol–water partition coefficient (Wildman–Crippen LogP) is -0.323. The fourth-order valence-electron chi connectivity index (χ4n) is 2.54. The Bertz CT molecular complexity index is 361. The van der Waals surface area contributed by atoms with Crippen molar-refractivity contribution >= 4 is 17.8 Å². The summed E-state index contributed by atoms with van der Waals surface area (Å²) in [6, 6.07) is -0.347. The van der Waals surface area contributed by atoms with Gasteiger partial charge < -0.3 is 4.74 Å². The molecule has 2 heterocycles. The van der Waals surface area contributed by atoms with Gasteiger partial charge in [-0.2, -0.15) is 0 Å². The molecule has 2 rings (SSSR count). The number of likely N-dealkylation sites (tertiary alicyclic amines) is 1. The summed E-state index contributed by atoms with van der Waals surface area (Å²) >= 11 is 0. The lowest BCUT2D eigenvalue weighted by atomic mass is 9.95. The van der Waals surface area contributed by atoms with Crippen LogP contribution in [0.5, 0.6) is 0 Å². The Labute approximate surface area is 106 Å². The number of nitrogens with one attached hydrogen (secondary N) is 1. The summed E-state index contributed by atoms with van der Waals surface area (Å²) in [6.07, 6.45) is 1.62. The number of hydrogen-bond donors (Lipinski definition) is 1. The smallest absolute Gasteiger partial charge is 0.309 e. The third kappa shape index (κ3) is 2.69. The predicted molar refractivity (Wildman–Crippen MR) is 62.5 cm³/mol. The number of nitrogens with zero attached hydrogens (tertiary/aromatic N) is 1. The van der Waals surface area contributed by atoms with Crippen molar-refractivity contribution in [2.45, 2.75) is 32.2 Å². The summed E-state index contributed by atoms with van der Waals surface area (Å²) in [6.45, 7) is 3.52. The molecule has 6 nitrogen and oxygen atoms in total. The van der Waals surface area contributed by atoms with Gasteiger partial charge in [-0.05, 0) is 32.9 Å². The molecule has 0 saturated carbocycles. The van der Waals surface area contributed by atoms with Crippen molar-refractivity contribution in [2.75, 3.05) is 19.7 Å². The van der Waals surface area contributed by atoms with Gasteiger partial charge in [0.2, 0.25) is 11.8 Å². The Kier molecular flexibility index (Phi) is 3.96. The molecule has 0 radical (unpaired) electrons. The largest absolute Gasteiger partial charge is 0.466 e. The summed E-state index contributed by atoms with van der Waals surface area (Å²) in [5, 5.41) is 2.31. The number of carbonyl (C=O) groups is 3. The van der Waals surface area contributed by atoms with Crippen molar-refractivity contribution in [3.63, 3.8) is 0 Å². The van der Waals surface area contributed by atoms with Crippen LogP contribution in [0.2, 0.25) is 0 Å². The number of ether oxygens (including phenoxy) is 1. The van der Waals surface area contributed by atoms with Gasteiger partial charge in [0.05, 0.1) is 25.0 Å². The Hall–Kier alpha value is -1.43. The van der Waals surface area contributed by atoms with E-state index in [9.17, 15) is 14.4 Å². The lowest BCUT2D eigenvalue weighted by Crippen LogP contribution is -2.46. The van der Waals surface area contributed by atoms with E-state index in [2.05, 4.69) is 5.32 Å². The van der Waals surface area contributed by atoms with Crippen molar-refractivity contribution in [1.29, 1.82) is 0 Å². The molecular weight excluding hydrogens is 236 g/mol. The molecule has 0 aromatic carbocycles. The average Bonchev–Trinajstić information content (AvgIpc) is 2.69. The first kappa shape index (κ1) is 13.0. The second-order valence-electron chi connectivity index (χ2n) is 4.69. The highest BCUT2D eigenvalue weighted by Gasteiger charge is 2.38. The standard InChI is InChI=1S/C12H18N2O4/c1-2-18-12(17)8-3-5-14(6-4-8)9-7-10(15)13-11(9)16/h8-9H,2-7H2,1H3,(H,13,15,16)/t9-/m1/s1. The van der Waals surface area contributed by atoms with Crippen LogP contribution in [0.1, 0.15) is 26.2 Å². The van der Waals surface area contributed by atoms with Crippen LogP contribution in [-0.2, 0) is 19.1 Å². The first-order valence-corrected chi connectivity index (χ1v) is 6.36. The Morgan fingerprint density at radius 3 is 2.56 bits per heavy atom. The van der Waals surface area contributed by atoms with Gasteiger partial charge in [-0.1, -0.05) is 0 Å². The molecule has 0 aromatic rings. The zero-order valence-corrected chi connectivity index (χ0v) is 10.5. The zero-order chi connectivity index (χ0) is 13.1. The van der Waals surface area contributed by atoms with Crippen molar-refractivity contribution in [1.82, 2.24) is 10.2 Å². The maximum atomic E-state index is 11.6. The monoisotopic (exact) mass is 254 g/mol. The minimum atomic E-state index is -0.347. The van der Waals surface area contributed by atoms with Crippen LogP contribution in [0.25, 0.3) is 0 Å². The molecule has 1 atom stereocenters. The number of piperidine rings is 1. The van der Waals surface area contributed by atoms with E-state index >= 15 is 0 Å². The number of rotatable bonds is 3. The fourth-order valence-corrected chi connectivity index (χ4v) is 2.54. The van der Waals surface area contributed by atoms with E-state index in [1.165, 1.54) is 0 Å². The molecule has 0 aliphatic carbocycles. The molecule has 100 valence electrons. The van der Waals surface area contributed by atoms with E-state index < -0.39 is 0 Å². The second-order valence-corrected chi connectivity index (χ2v) is 4.69. The number of imide groups is 1. The lowest BCUT2D eigenvalue weighted by Gasteiger charge is -2.33. The molecule has 2 aliphatic rings. The average molecular weight is 254 g/mol. The Morgan fingerprint density at radius 1 is 1.39 bits per heavy atom. The molecule has 2 fully saturated rings. The topological polar surface area (TPSA) is 75.7 Å². The molecule has 6 heteroatoms. The van der Waals surface area contributed by atoms with E-state index in [0.717, 1.165) is 0 Å². The van der Waals surface area contributed by atoms with E-state index in [-0.39, 0.29) is 36.2 Å². The third-order valence-corrected chi connectivity index (χ3v) is 3.53. The van der Waals surface area contributed by atoms with Crippen molar-refractivity contribution in [2.24, 2.45) is 5.92 Å². The Balaban J connectivity index is 1.85. The first-order valence-electron chi connectivity index (χ1n) is 6.36. The zero-order valence-electron chi connectivity index (χ0n) is 10.5. The van der Waals surface area contributed by atoms with Gasteiger partial charge in [0.1, 0.15) is 0 Å². The van der Waals surface area contributed by atoms with Crippen LogP contribution in [0.3, 0.4) is 0 Å². The minimum absolute atomic E-state index is 0.0682. The van der Waals surface area contributed by atoms with Gasteiger partial charge in [-0.25, -0.2) is 0 Å². The van der Waals surface area contributed by atoms with Gasteiger partial charge in [-0.3, -0.25) is 24.6 Å². The maximum absolute atomic E-state index is 11.6. The van der Waals surface area contributed by atoms with Gasteiger partial charge in [0, 0.05) is 0 Å². The molecule has 2 amide bonds. The molecule has 2 aliphatic heterocycles. The van der Waals surface area contributed by atoms with Crippen LogP contribution in [0.4, 0.5) is 0 Å². The molecule has 0 aromatic heterocycles. The van der Waals surface area contributed by atoms with Crippen LogP contribution in [-0.4, -0.2) is 48.4 Å². The number of esters is 1. The molecule has 0 unspecified atom stereocenters. The van der Waals surface area contributed by atoms with Gasteiger partial charge >= 0.3 is 5.97 Å². The van der Waals surface area contributed by atoms with Crippen molar-refractivity contribution in [3.05, 3.63) is 0 Å². The summed E-state index contributed by atoms with van der Waals surface area (Å²) < 4.78 is 4.99. The number of hydrogen-bond acceptors (Lipinski definition) is 5. The van der Waals surface area contributed by atoms with Crippen LogP contribution in [0.15, 0.2) is 0 Å². The number of amides is 2. The SMILES string of the molecule is CCOC(=O)C1CCN([C@@H]2CC(=O)NC2=O)CC1. The maximum Gasteiger partial charge on any atom is 0.309 e. The van der Waals surface area contributed by atoms with Crippen LogP contribution >= 0.6 is 0 Å². The normalized spacial score (nSPS) is 26.2. The van der Waals surface area contributed by atoms with Crippen molar-refractivity contribution < 1.29 is 19.1 Å². The van der Waals surface area contributed by atoms with E-state index in [4.69, 9.17) is 4.74 Å². The summed E-state index contributed by atoms with van der Waals surface area (Å²) in [4.78, 5) is 36.2. The summed E-state index contributed by atoms with van der Waals surface area (Å²) in [7, 11) is 0. The molecular formula is C12H18N2O4. The summed E-state index contributed by atoms with van der Waals surface area (Å²) in [5.74, 6) is -0.641. The lowest BCUT2D eigenvalue weighted by molar-refractivity contribution is -0.149. The fraction of sp³-hybridized carbons (Fsp3) is 0.750. The van der Waals surface area contributed by atoms with Gasteiger partial charge in [-0.15, -0.1) is 0 Å². The second kappa shape index (κ2) is 5.48. The van der Waals surface area contributed by atoms with Gasteiger partial charge in [0.25, 0.3) is 0 Å². The molecule has 1 N–H and O–H groups in total. The number of carbonyl (C=O) groups excluding carboxylic acids is 3. The van der Waals surface area contributed by atoms with E-state index in [1.54, 1.807) is 6.92 Å². The highest BCUT2D eigenvalue weighted by Crippen LogP contribution is 2.22. The van der Waals surface area contributed by atoms with E-state index in [1.807, 2.05) is 4.90 Å². The molecule has 0 spiro atoms. The molecule has 0 bridgehead atoms. The summed E-state index contributed by atoms with van der Waals surface area (Å²) in [5.41, 5.74) is 0. The highest BCUT2D eigenvalue weighted by atomic mass is 16.5. The van der Waals surface area contributed by atoms with E-state index in [0.29, 0.717) is 32.5 Å².